The van der Waals surface area contributed by atoms with Gasteiger partial charge in [-0.1, -0.05) is 18.0 Å². The highest BCUT2D eigenvalue weighted by atomic mass is 35.5. The van der Waals surface area contributed by atoms with Gasteiger partial charge in [-0.2, -0.15) is 5.09 Å². The van der Waals surface area contributed by atoms with Crippen molar-refractivity contribution in [2.24, 2.45) is 0 Å². The van der Waals surface area contributed by atoms with Gasteiger partial charge in [-0.25, -0.2) is 9.36 Å². The fourth-order valence-corrected chi connectivity index (χ4v) is 5.70. The highest BCUT2D eigenvalue weighted by Crippen LogP contribution is 2.45. The molecular formula is C24H31ClN3O9P. The van der Waals surface area contributed by atoms with Crippen molar-refractivity contribution in [3.05, 3.63) is 61.9 Å². The van der Waals surface area contributed by atoms with Crippen LogP contribution in [0, 0.1) is 6.92 Å². The molecule has 2 fully saturated rings. The molecule has 208 valence electrons. The maximum atomic E-state index is 13.7. The summed E-state index contributed by atoms with van der Waals surface area (Å²) in [5.41, 5.74) is -0.820. The topological polar surface area (TPSA) is 147 Å². The Morgan fingerprint density at radius 2 is 1.95 bits per heavy atom. The third-order valence-corrected chi connectivity index (χ3v) is 8.05. The highest BCUT2D eigenvalue weighted by Gasteiger charge is 2.36. The molecule has 0 radical (unpaired) electrons. The molecule has 1 saturated heterocycles. The largest absolute Gasteiger partial charge is 0.461 e. The number of aryl methyl sites for hydroxylation is 1. The molecule has 1 aliphatic carbocycles. The molecular weight excluding hydrogens is 541 g/mol. The molecule has 4 rings (SSSR count). The number of H-pyrrole nitrogens is 1. The van der Waals surface area contributed by atoms with Crippen LogP contribution in [0.2, 0.25) is 5.02 Å². The number of halogens is 1. The smallest absolute Gasteiger partial charge is 0.459 e. The van der Waals surface area contributed by atoms with E-state index in [1.165, 1.54) is 29.8 Å². The number of aromatic amines is 1. The molecule has 1 aromatic heterocycles. The van der Waals surface area contributed by atoms with E-state index in [0.717, 1.165) is 32.1 Å². The predicted octanol–water partition coefficient (Wildman–Crippen LogP) is 3.43. The monoisotopic (exact) mass is 571 g/mol. The van der Waals surface area contributed by atoms with Gasteiger partial charge in [0.05, 0.1) is 6.61 Å². The maximum absolute atomic E-state index is 13.7. The Hall–Kier alpha value is -2.47. The Morgan fingerprint density at radius 3 is 2.66 bits per heavy atom. The number of esters is 1. The molecule has 2 aliphatic rings. The van der Waals surface area contributed by atoms with Crippen LogP contribution in [0.1, 0.15) is 50.8 Å². The van der Waals surface area contributed by atoms with Crippen LogP contribution in [0.4, 0.5) is 0 Å². The van der Waals surface area contributed by atoms with Gasteiger partial charge in [0.15, 0.2) is 12.5 Å². The lowest BCUT2D eigenvalue weighted by Crippen LogP contribution is -2.38. The van der Waals surface area contributed by atoms with Gasteiger partial charge in [0.2, 0.25) is 0 Å². The molecule has 1 saturated carbocycles. The summed E-state index contributed by atoms with van der Waals surface area (Å²) in [6.07, 6.45) is 4.05. The second-order valence-electron chi connectivity index (χ2n) is 9.22. The van der Waals surface area contributed by atoms with E-state index in [9.17, 15) is 18.9 Å². The summed E-state index contributed by atoms with van der Waals surface area (Å²) in [5, 5.41) is 3.09. The predicted molar refractivity (Wildman–Crippen MR) is 137 cm³/mol. The first kappa shape index (κ1) is 28.5. The molecule has 1 aromatic carbocycles. The summed E-state index contributed by atoms with van der Waals surface area (Å²) < 4.78 is 43.0. The molecule has 1 aliphatic heterocycles. The van der Waals surface area contributed by atoms with Gasteiger partial charge >= 0.3 is 19.4 Å². The minimum absolute atomic E-state index is 0.0146. The molecule has 2 unspecified atom stereocenters. The Kier molecular flexibility index (Phi) is 9.45. The third-order valence-electron chi connectivity index (χ3n) is 6.15. The normalized spacial score (nSPS) is 22.5. The Bertz CT molecular complexity index is 1280. The average molecular weight is 572 g/mol. The van der Waals surface area contributed by atoms with E-state index < -0.39 is 43.5 Å². The molecule has 0 spiro atoms. The number of ether oxygens (including phenoxy) is 3. The zero-order valence-electron chi connectivity index (χ0n) is 21.1. The molecule has 12 nitrogen and oxygen atoms in total. The average Bonchev–Trinajstić information content (AvgIpc) is 3.36. The van der Waals surface area contributed by atoms with Crippen molar-refractivity contribution in [1.29, 1.82) is 0 Å². The van der Waals surface area contributed by atoms with Crippen LogP contribution in [0.15, 0.2) is 40.1 Å². The Labute approximate surface area is 224 Å². The van der Waals surface area contributed by atoms with Crippen molar-refractivity contribution in [3.63, 3.8) is 0 Å². The van der Waals surface area contributed by atoms with Crippen molar-refractivity contribution in [1.82, 2.24) is 14.6 Å². The van der Waals surface area contributed by atoms with E-state index in [1.54, 1.807) is 19.1 Å². The standard InChI is InChI=1S/C24H31ClN3O9P/c1-15-12-28(24(31)26-22(15)29)20-13-33-21(36-20)14-34-38(32,37-19-10-8-17(25)9-11-19)27-16(2)23(30)35-18-6-4-3-5-7-18/h8-12,16,18,20-21H,3-7,13-14H2,1-2H3,(H,27,32)(H,26,29,31)/t16?,20-,21-,38?/m1/s1. The lowest BCUT2D eigenvalue weighted by molar-refractivity contribution is -0.152. The fraction of sp³-hybridized carbons (Fsp3) is 0.542. The van der Waals surface area contributed by atoms with Crippen LogP contribution in [0.5, 0.6) is 5.75 Å². The number of benzene rings is 1. The van der Waals surface area contributed by atoms with Crippen molar-refractivity contribution in [2.75, 3.05) is 13.2 Å². The van der Waals surface area contributed by atoms with Gasteiger partial charge in [-0.15, -0.1) is 0 Å². The Morgan fingerprint density at radius 1 is 1.24 bits per heavy atom. The third kappa shape index (κ3) is 7.56. The number of carbonyl (C=O) groups is 1. The summed E-state index contributed by atoms with van der Waals surface area (Å²) in [6, 6.07) is 5.12. The molecule has 2 heterocycles. The number of carbonyl (C=O) groups excluding carboxylic acids is 1. The van der Waals surface area contributed by atoms with E-state index in [-0.39, 0.29) is 25.1 Å². The van der Waals surface area contributed by atoms with Crippen molar-refractivity contribution >= 4 is 25.3 Å². The zero-order valence-corrected chi connectivity index (χ0v) is 22.7. The minimum atomic E-state index is -4.16. The Balaban J connectivity index is 1.41. The van der Waals surface area contributed by atoms with Crippen LogP contribution >= 0.6 is 19.3 Å². The molecule has 0 bridgehead atoms. The quantitative estimate of drug-likeness (QED) is 0.321. The first-order valence-electron chi connectivity index (χ1n) is 12.4. The molecule has 2 aromatic rings. The molecule has 2 N–H and O–H groups in total. The van der Waals surface area contributed by atoms with Gasteiger partial charge in [-0.05, 0) is 63.8 Å². The number of hydrogen-bond acceptors (Lipinski definition) is 9. The summed E-state index contributed by atoms with van der Waals surface area (Å²) in [5.74, 6) is -0.374. The van der Waals surface area contributed by atoms with Crippen molar-refractivity contribution < 1.29 is 32.6 Å². The van der Waals surface area contributed by atoms with Gasteiger partial charge in [-0.3, -0.25) is 23.7 Å². The lowest BCUT2D eigenvalue weighted by atomic mass is 9.98. The van der Waals surface area contributed by atoms with E-state index in [1.807, 2.05) is 0 Å². The maximum Gasteiger partial charge on any atom is 0.459 e. The SMILES string of the molecule is Cc1cn([C@H]2CO[C@@H](COP(=O)(NC(C)C(=O)OC3CCCCC3)Oc3ccc(Cl)cc3)O2)c(=O)[nH]c1=O. The van der Waals surface area contributed by atoms with Gasteiger partial charge in [0.1, 0.15) is 24.5 Å². The number of hydrogen-bond donors (Lipinski definition) is 2. The van der Waals surface area contributed by atoms with E-state index in [2.05, 4.69) is 10.1 Å². The van der Waals surface area contributed by atoms with Crippen LogP contribution in [-0.2, 0) is 28.1 Å². The first-order chi connectivity index (χ1) is 18.1. The first-order valence-corrected chi connectivity index (χ1v) is 14.3. The van der Waals surface area contributed by atoms with Crippen LogP contribution in [-0.4, -0.2) is 47.2 Å². The molecule has 0 amide bonds. The molecule has 38 heavy (non-hydrogen) atoms. The highest BCUT2D eigenvalue weighted by molar-refractivity contribution is 7.52. The zero-order chi connectivity index (χ0) is 27.3. The molecule has 4 atom stereocenters. The van der Waals surface area contributed by atoms with Crippen LogP contribution in [0.3, 0.4) is 0 Å². The number of nitrogens with zero attached hydrogens (tertiary/aromatic N) is 1. The van der Waals surface area contributed by atoms with Crippen LogP contribution in [0.25, 0.3) is 0 Å². The summed E-state index contributed by atoms with van der Waals surface area (Å²) in [7, 11) is -4.16. The number of aromatic nitrogens is 2. The fourth-order valence-electron chi connectivity index (χ4n) is 4.10. The van der Waals surface area contributed by atoms with Crippen molar-refractivity contribution in [3.8, 4) is 5.75 Å². The summed E-state index contributed by atoms with van der Waals surface area (Å²) in [6.45, 7) is 2.70. The van der Waals surface area contributed by atoms with Gasteiger partial charge < -0.3 is 18.7 Å². The second-order valence-corrected chi connectivity index (χ2v) is 11.3. The number of rotatable bonds is 10. The summed E-state index contributed by atoms with van der Waals surface area (Å²) in [4.78, 5) is 38.7. The van der Waals surface area contributed by atoms with E-state index >= 15 is 0 Å². The van der Waals surface area contributed by atoms with Crippen molar-refractivity contribution in [2.45, 2.75) is 70.6 Å². The molecule has 14 heteroatoms. The van der Waals surface area contributed by atoms with Gasteiger partial charge in [0, 0.05) is 16.8 Å². The van der Waals surface area contributed by atoms with E-state index in [0.29, 0.717) is 10.6 Å². The van der Waals surface area contributed by atoms with E-state index in [4.69, 9.17) is 34.9 Å². The summed E-state index contributed by atoms with van der Waals surface area (Å²) >= 11 is 5.93. The van der Waals surface area contributed by atoms with Gasteiger partial charge in [0.25, 0.3) is 5.56 Å². The number of nitrogens with one attached hydrogen (secondary N) is 2. The minimum Gasteiger partial charge on any atom is -0.461 e. The second kappa shape index (κ2) is 12.6. The lowest BCUT2D eigenvalue weighted by Gasteiger charge is -2.26. The van der Waals surface area contributed by atoms with Crippen LogP contribution < -0.4 is 20.9 Å².